The number of aromatic nitrogens is 1. The largest absolute Gasteiger partial charge is 0.340 e. The maximum Gasteiger partial charge on any atom is 0.319 e. The molecule has 2 aromatic carbocycles. The number of hydrogen-bond donors (Lipinski definition) is 2. The third kappa shape index (κ3) is 4.11. The molecule has 6 nitrogen and oxygen atoms in total. The molecule has 2 heterocycles. The summed E-state index contributed by atoms with van der Waals surface area (Å²) in [5, 5.41) is 6.82. The van der Waals surface area contributed by atoms with Gasteiger partial charge in [-0.25, -0.2) is 4.79 Å². The lowest BCUT2D eigenvalue weighted by Gasteiger charge is -2.25. The Hall–Kier alpha value is -3.41. The summed E-state index contributed by atoms with van der Waals surface area (Å²) in [4.78, 5) is 30.9. The van der Waals surface area contributed by atoms with Crippen molar-refractivity contribution >= 4 is 28.5 Å². The first-order chi connectivity index (χ1) is 13.7. The monoisotopic (exact) mass is 374 g/mol. The first kappa shape index (κ1) is 18.0. The molecule has 1 saturated heterocycles. The molecule has 1 aliphatic rings. The molecule has 6 heteroatoms. The van der Waals surface area contributed by atoms with Crippen LogP contribution in [0.15, 0.2) is 66.9 Å². The average Bonchev–Trinajstić information content (AvgIpc) is 3.12. The van der Waals surface area contributed by atoms with Crippen LogP contribution in [0.2, 0.25) is 0 Å². The molecule has 0 bridgehead atoms. The Kier molecular flexibility index (Phi) is 5.19. The lowest BCUT2D eigenvalue weighted by molar-refractivity contribution is -0.128. The molecular formula is C22H22N4O2. The van der Waals surface area contributed by atoms with E-state index >= 15 is 0 Å². The van der Waals surface area contributed by atoms with Gasteiger partial charge in [0.25, 0.3) is 0 Å². The fourth-order valence-electron chi connectivity index (χ4n) is 3.50. The number of pyridine rings is 1. The number of likely N-dealkylation sites (tertiary alicyclic amines) is 1. The Labute approximate surface area is 163 Å². The molecule has 1 unspecified atom stereocenters. The molecule has 0 aliphatic carbocycles. The molecule has 0 saturated carbocycles. The smallest absolute Gasteiger partial charge is 0.319 e. The number of rotatable bonds is 5. The van der Waals surface area contributed by atoms with Crippen molar-refractivity contribution < 1.29 is 9.59 Å². The molecule has 1 aromatic heterocycles. The van der Waals surface area contributed by atoms with Gasteiger partial charge in [0.15, 0.2) is 0 Å². The van der Waals surface area contributed by atoms with Gasteiger partial charge in [0.2, 0.25) is 5.91 Å². The van der Waals surface area contributed by atoms with Crippen LogP contribution in [-0.4, -0.2) is 34.9 Å². The van der Waals surface area contributed by atoms with Crippen LogP contribution in [0.1, 0.15) is 24.4 Å². The van der Waals surface area contributed by atoms with Gasteiger partial charge in [0.1, 0.15) is 0 Å². The van der Waals surface area contributed by atoms with Gasteiger partial charge >= 0.3 is 6.03 Å². The first-order valence-corrected chi connectivity index (χ1v) is 9.44. The second kappa shape index (κ2) is 8.08. The summed E-state index contributed by atoms with van der Waals surface area (Å²) in [5.41, 5.74) is 2.47. The highest BCUT2D eigenvalue weighted by Gasteiger charge is 2.25. The molecule has 0 spiro atoms. The minimum atomic E-state index is -0.322. The van der Waals surface area contributed by atoms with Gasteiger partial charge in [-0.05, 0) is 24.1 Å². The second-order valence-corrected chi connectivity index (χ2v) is 6.92. The van der Waals surface area contributed by atoms with Crippen molar-refractivity contribution in [3.63, 3.8) is 0 Å². The number of amides is 3. The highest BCUT2D eigenvalue weighted by Crippen LogP contribution is 2.20. The molecule has 142 valence electrons. The van der Waals surface area contributed by atoms with Gasteiger partial charge in [-0.1, -0.05) is 48.5 Å². The lowest BCUT2D eigenvalue weighted by atomic mass is 10.1. The normalized spacial score (nSPS) is 14.9. The number of nitrogens with zero attached hydrogens (tertiary/aromatic N) is 2. The second-order valence-electron chi connectivity index (χ2n) is 6.92. The van der Waals surface area contributed by atoms with Crippen LogP contribution in [-0.2, 0) is 4.79 Å². The molecule has 2 N–H and O–H groups in total. The predicted molar refractivity (Wildman–Crippen MR) is 109 cm³/mol. The third-order valence-electron chi connectivity index (χ3n) is 4.93. The minimum absolute atomic E-state index is 0.141. The number of urea groups is 1. The van der Waals surface area contributed by atoms with E-state index in [2.05, 4.69) is 15.6 Å². The van der Waals surface area contributed by atoms with E-state index in [0.29, 0.717) is 18.7 Å². The molecule has 3 aromatic rings. The number of nitrogens with one attached hydrogen (secondary N) is 2. The summed E-state index contributed by atoms with van der Waals surface area (Å²) in [6.07, 6.45) is 3.09. The molecule has 1 fully saturated rings. The van der Waals surface area contributed by atoms with Gasteiger partial charge in [0.05, 0.1) is 23.4 Å². The third-order valence-corrected chi connectivity index (χ3v) is 4.93. The highest BCUT2D eigenvalue weighted by molar-refractivity contribution is 5.92. The Balaban J connectivity index is 1.48. The van der Waals surface area contributed by atoms with Crippen LogP contribution in [0, 0.1) is 0 Å². The van der Waals surface area contributed by atoms with Gasteiger partial charge in [-0.2, -0.15) is 0 Å². The van der Waals surface area contributed by atoms with Crippen molar-refractivity contribution in [3.8, 4) is 0 Å². The Morgan fingerprint density at radius 2 is 1.89 bits per heavy atom. The number of carbonyl (C=O) groups is 2. The van der Waals surface area contributed by atoms with Crippen molar-refractivity contribution in [2.75, 3.05) is 18.4 Å². The summed E-state index contributed by atoms with van der Waals surface area (Å²) in [7, 11) is 0. The van der Waals surface area contributed by atoms with Gasteiger partial charge in [0, 0.05) is 24.9 Å². The van der Waals surface area contributed by atoms with Gasteiger partial charge in [-0.15, -0.1) is 0 Å². The SMILES string of the molecule is O=C(Nc1cnc2ccccc2c1)NC(CN1CCCC1=O)c1ccccc1. The Morgan fingerprint density at radius 1 is 1.11 bits per heavy atom. The minimum Gasteiger partial charge on any atom is -0.340 e. The van der Waals surface area contributed by atoms with Gasteiger partial charge < -0.3 is 15.5 Å². The molecule has 3 amide bonds. The van der Waals surface area contributed by atoms with Crippen molar-refractivity contribution in [3.05, 3.63) is 72.4 Å². The van der Waals surface area contributed by atoms with Crippen LogP contribution >= 0.6 is 0 Å². The van der Waals surface area contributed by atoms with Crippen LogP contribution < -0.4 is 10.6 Å². The summed E-state index contributed by atoms with van der Waals surface area (Å²) < 4.78 is 0. The van der Waals surface area contributed by atoms with E-state index in [9.17, 15) is 9.59 Å². The quantitative estimate of drug-likeness (QED) is 0.715. The zero-order valence-electron chi connectivity index (χ0n) is 15.5. The maximum atomic E-state index is 12.6. The Morgan fingerprint density at radius 3 is 2.68 bits per heavy atom. The number of anilines is 1. The van der Waals surface area contributed by atoms with Crippen LogP contribution in [0.3, 0.4) is 0 Å². The van der Waals surface area contributed by atoms with E-state index in [-0.39, 0.29) is 18.0 Å². The molecule has 1 aliphatic heterocycles. The number of benzene rings is 2. The average molecular weight is 374 g/mol. The summed E-state index contributed by atoms with van der Waals surface area (Å²) in [6.45, 7) is 1.20. The van der Waals surface area contributed by atoms with Crippen molar-refractivity contribution in [1.29, 1.82) is 0 Å². The van der Waals surface area contributed by atoms with E-state index < -0.39 is 0 Å². The van der Waals surface area contributed by atoms with Crippen molar-refractivity contribution in [2.24, 2.45) is 0 Å². The molecule has 1 atom stereocenters. The van der Waals surface area contributed by atoms with Crippen LogP contribution in [0.25, 0.3) is 10.9 Å². The number of para-hydroxylation sites is 1. The highest BCUT2D eigenvalue weighted by atomic mass is 16.2. The van der Waals surface area contributed by atoms with E-state index in [1.54, 1.807) is 6.20 Å². The summed E-state index contributed by atoms with van der Waals surface area (Å²) >= 11 is 0. The summed E-state index contributed by atoms with van der Waals surface area (Å²) in [5.74, 6) is 0.141. The van der Waals surface area contributed by atoms with Crippen LogP contribution in [0.5, 0.6) is 0 Å². The van der Waals surface area contributed by atoms with Gasteiger partial charge in [-0.3, -0.25) is 9.78 Å². The molecule has 0 radical (unpaired) electrons. The van der Waals surface area contributed by atoms with Crippen LogP contribution in [0.4, 0.5) is 10.5 Å². The first-order valence-electron chi connectivity index (χ1n) is 9.44. The number of hydrogen-bond acceptors (Lipinski definition) is 3. The lowest BCUT2D eigenvalue weighted by Crippen LogP contribution is -2.40. The molecular weight excluding hydrogens is 352 g/mol. The molecule has 28 heavy (non-hydrogen) atoms. The fraction of sp³-hybridized carbons (Fsp3) is 0.227. The standard InChI is InChI=1S/C22H22N4O2/c27-21-11-6-12-26(21)15-20(16-7-2-1-3-8-16)25-22(28)24-18-13-17-9-4-5-10-19(17)23-14-18/h1-5,7-10,13-14,20H,6,11-12,15H2,(H2,24,25,28). The van der Waals surface area contributed by atoms with E-state index in [0.717, 1.165) is 29.4 Å². The zero-order chi connectivity index (χ0) is 19.3. The predicted octanol–water partition coefficient (Wildman–Crippen LogP) is 3.72. The number of fused-ring (bicyclic) bond motifs is 1. The topological polar surface area (TPSA) is 74.3 Å². The number of carbonyl (C=O) groups excluding carboxylic acids is 2. The van der Waals surface area contributed by atoms with E-state index in [4.69, 9.17) is 0 Å². The molecule has 4 rings (SSSR count). The van der Waals surface area contributed by atoms with Crippen molar-refractivity contribution in [2.45, 2.75) is 18.9 Å². The fourth-order valence-corrected chi connectivity index (χ4v) is 3.50. The summed E-state index contributed by atoms with van der Waals surface area (Å²) in [6, 6.07) is 18.8. The Bertz CT molecular complexity index is 990. The van der Waals surface area contributed by atoms with E-state index in [1.165, 1.54) is 0 Å². The maximum absolute atomic E-state index is 12.6. The zero-order valence-corrected chi connectivity index (χ0v) is 15.5. The van der Waals surface area contributed by atoms with E-state index in [1.807, 2.05) is 65.6 Å². The van der Waals surface area contributed by atoms with Crippen molar-refractivity contribution in [1.82, 2.24) is 15.2 Å².